The number of aliphatic hydroxyl groups is 1. The summed E-state index contributed by atoms with van der Waals surface area (Å²) in [6.07, 6.45) is 5.36. The van der Waals surface area contributed by atoms with Crippen LogP contribution in [0.3, 0.4) is 0 Å². The average molecular weight is 935 g/mol. The predicted molar refractivity (Wildman–Crippen MR) is 257 cm³/mol. The molecule has 10 atom stereocenters. The first kappa shape index (κ1) is 55.3. The Labute approximate surface area is 400 Å². The van der Waals surface area contributed by atoms with Crippen LogP contribution in [0.4, 0.5) is 0 Å². The van der Waals surface area contributed by atoms with Crippen LogP contribution in [-0.2, 0) is 43.0 Å². The van der Waals surface area contributed by atoms with E-state index in [1.54, 1.807) is 38.1 Å². The Bertz CT molecular complexity index is 1860. The molecule has 0 bridgehead atoms. The Morgan fingerprint density at radius 2 is 1.37 bits per heavy atom. The lowest BCUT2D eigenvalue weighted by molar-refractivity contribution is -0.150. The lowest BCUT2D eigenvalue weighted by atomic mass is 9.80. The van der Waals surface area contributed by atoms with Gasteiger partial charge < -0.3 is 29.3 Å². The molecule has 374 valence electrons. The van der Waals surface area contributed by atoms with Gasteiger partial charge in [0.05, 0.1) is 42.9 Å². The summed E-state index contributed by atoms with van der Waals surface area (Å²) in [6.45, 7) is 16.3. The smallest absolute Gasteiger partial charge is 0.253 e. The third-order valence-corrected chi connectivity index (χ3v) is 15.4. The van der Waals surface area contributed by atoms with Crippen molar-refractivity contribution in [1.82, 2.24) is 19.6 Å². The third kappa shape index (κ3) is 13.7. The Morgan fingerprint density at radius 1 is 0.761 bits per heavy atom. The van der Waals surface area contributed by atoms with E-state index in [9.17, 15) is 38.7 Å². The zero-order valence-corrected chi connectivity index (χ0v) is 42.5. The highest BCUT2D eigenvalue weighted by Crippen LogP contribution is 2.35. The molecule has 2 fully saturated rings. The molecule has 14 heteroatoms. The highest BCUT2D eigenvalue weighted by Gasteiger charge is 2.44. The number of nitrogens with zero attached hydrogens (tertiary/aromatic N) is 4. The van der Waals surface area contributed by atoms with E-state index in [2.05, 4.69) is 0 Å². The summed E-state index contributed by atoms with van der Waals surface area (Å²) < 4.78 is 12.1. The fourth-order valence-electron chi connectivity index (χ4n) is 11.1. The van der Waals surface area contributed by atoms with Crippen molar-refractivity contribution < 1.29 is 48.1 Å². The van der Waals surface area contributed by atoms with E-state index in [0.717, 1.165) is 12.0 Å². The largest absolute Gasteiger partial charge is 0.388 e. The van der Waals surface area contributed by atoms with Gasteiger partial charge in [-0.25, -0.2) is 0 Å². The van der Waals surface area contributed by atoms with E-state index >= 15 is 0 Å². The number of methoxy groups -OCH3 is 2. The molecule has 1 saturated heterocycles. The SMILES string of the molecule is CC[C@H](C)[C@@H]([C@@H](CC(=O)N1CCC[C@H]1[C@H](OC)[C@@H](C)C(=O)C[C@H](C)[C@@H](O)c1ccccc1)OC)N(C)C(=O)[C@@H](CC(=O)[C@H](C(C)C)N(C)C(=O)C1CCC(CN2C(=O)C=CC2=O)CC1)C(C)C. The number of likely N-dealkylation sites (tertiary alicyclic amines) is 1. The Morgan fingerprint density at radius 3 is 1.91 bits per heavy atom. The second-order valence-corrected chi connectivity index (χ2v) is 20.6. The van der Waals surface area contributed by atoms with E-state index in [-0.39, 0.29) is 102 Å². The van der Waals surface area contributed by atoms with Gasteiger partial charge in [-0.1, -0.05) is 92.1 Å². The van der Waals surface area contributed by atoms with E-state index in [0.29, 0.717) is 51.6 Å². The van der Waals surface area contributed by atoms with Crippen LogP contribution in [0.2, 0.25) is 0 Å². The van der Waals surface area contributed by atoms with Crippen molar-refractivity contribution in [3.05, 3.63) is 48.0 Å². The van der Waals surface area contributed by atoms with Gasteiger partial charge in [0.2, 0.25) is 17.7 Å². The first-order valence-corrected chi connectivity index (χ1v) is 24.9. The lowest BCUT2D eigenvalue weighted by Crippen LogP contribution is -2.54. The quantitative estimate of drug-likeness (QED) is 0.104. The number of Topliss-reactive ketones (excluding diaryl/α,β-unsaturated/α-hetero) is 2. The molecular weight excluding hydrogens is 853 g/mol. The molecule has 0 radical (unpaired) electrons. The number of benzene rings is 1. The van der Waals surface area contributed by atoms with Crippen LogP contribution in [0.5, 0.6) is 0 Å². The molecule has 2 heterocycles. The molecule has 0 spiro atoms. The van der Waals surface area contributed by atoms with Crippen LogP contribution in [0.15, 0.2) is 42.5 Å². The van der Waals surface area contributed by atoms with Crippen molar-refractivity contribution in [1.29, 1.82) is 0 Å². The van der Waals surface area contributed by atoms with Gasteiger partial charge in [-0.3, -0.25) is 38.5 Å². The van der Waals surface area contributed by atoms with E-state index in [1.165, 1.54) is 17.1 Å². The van der Waals surface area contributed by atoms with Crippen LogP contribution in [-0.4, -0.2) is 138 Å². The molecule has 0 aromatic heterocycles. The highest BCUT2D eigenvalue weighted by atomic mass is 16.5. The summed E-state index contributed by atoms with van der Waals surface area (Å²) in [5.41, 5.74) is 0.756. The van der Waals surface area contributed by atoms with Gasteiger partial charge in [0.1, 0.15) is 5.78 Å². The monoisotopic (exact) mass is 935 g/mol. The van der Waals surface area contributed by atoms with Gasteiger partial charge in [-0.2, -0.15) is 0 Å². The van der Waals surface area contributed by atoms with Crippen LogP contribution in [0.25, 0.3) is 0 Å². The molecule has 1 aromatic rings. The van der Waals surface area contributed by atoms with Crippen molar-refractivity contribution in [2.75, 3.05) is 41.4 Å². The number of aliphatic hydroxyl groups excluding tert-OH is 1. The number of carbonyl (C=O) groups excluding carboxylic acids is 7. The number of hydrogen-bond donors (Lipinski definition) is 1. The molecule has 1 saturated carbocycles. The predicted octanol–water partition coefficient (Wildman–Crippen LogP) is 6.68. The van der Waals surface area contributed by atoms with Gasteiger partial charge in [0, 0.05) is 84.2 Å². The summed E-state index contributed by atoms with van der Waals surface area (Å²) >= 11 is 0. The zero-order valence-electron chi connectivity index (χ0n) is 42.5. The van der Waals surface area contributed by atoms with Gasteiger partial charge in [-0.15, -0.1) is 0 Å². The fourth-order valence-corrected chi connectivity index (χ4v) is 11.1. The maximum Gasteiger partial charge on any atom is 0.253 e. The molecule has 5 amide bonds. The molecule has 67 heavy (non-hydrogen) atoms. The van der Waals surface area contributed by atoms with Gasteiger partial charge in [0.15, 0.2) is 5.78 Å². The average Bonchev–Trinajstić information content (AvgIpc) is 3.92. The van der Waals surface area contributed by atoms with E-state index in [4.69, 9.17) is 9.47 Å². The lowest BCUT2D eigenvalue weighted by Gasteiger charge is -2.41. The summed E-state index contributed by atoms with van der Waals surface area (Å²) in [5.74, 6) is -3.51. The molecule has 1 aliphatic carbocycles. The standard InChI is InChI=1S/C53H82N4O10/c1-13-34(6)49(44(66-11)30-47(62)56-27-17-20-41(56)51(67-12)36(8)42(58)28-35(7)50(63)38-18-15-14-16-19-38)55(10)53(65)40(32(2)3)29-43(59)48(33(4)5)54(9)52(64)39-23-21-37(22-24-39)31-57-45(60)25-26-46(57)61/h14-16,18-19,25-26,32-37,39-41,44,48-51,63H,13,17,20-24,27-31H2,1-12H3/t34-,35-,36-,37?,39?,40-,41-,44+,48-,49-,50+,51+/m0/s1. The maximum absolute atomic E-state index is 14.7. The number of ether oxygens (including phenoxy) is 2. The Kier molecular flexibility index (Phi) is 21.0. The highest BCUT2D eigenvalue weighted by molar-refractivity contribution is 6.12. The van der Waals surface area contributed by atoms with Crippen LogP contribution in [0.1, 0.15) is 131 Å². The second kappa shape index (κ2) is 25.4. The molecule has 14 nitrogen and oxygen atoms in total. The zero-order chi connectivity index (χ0) is 49.9. The topological polar surface area (TPSA) is 171 Å². The molecule has 2 aliphatic heterocycles. The number of ketones is 2. The number of rotatable bonds is 25. The minimum Gasteiger partial charge on any atom is -0.388 e. The summed E-state index contributed by atoms with van der Waals surface area (Å²) in [5, 5.41) is 11.0. The Hall–Kier alpha value is -4.27. The first-order valence-electron chi connectivity index (χ1n) is 24.9. The molecule has 3 aliphatic rings. The van der Waals surface area contributed by atoms with Crippen molar-refractivity contribution in [3.8, 4) is 0 Å². The second-order valence-electron chi connectivity index (χ2n) is 20.6. The maximum atomic E-state index is 14.7. The number of imide groups is 1. The van der Waals surface area contributed by atoms with E-state index in [1.807, 2.05) is 90.6 Å². The molecule has 4 rings (SSSR count). The third-order valence-electron chi connectivity index (χ3n) is 15.4. The minimum absolute atomic E-state index is 0.0000779. The molecule has 1 N–H and O–H groups in total. The van der Waals surface area contributed by atoms with E-state index < -0.39 is 42.2 Å². The van der Waals surface area contributed by atoms with Gasteiger partial charge in [0.25, 0.3) is 11.8 Å². The number of carbonyl (C=O) groups is 7. The van der Waals surface area contributed by atoms with Crippen molar-refractivity contribution >= 4 is 41.1 Å². The van der Waals surface area contributed by atoms with Crippen molar-refractivity contribution in [2.45, 2.75) is 156 Å². The normalized spacial score (nSPS) is 22.8. The molecule has 0 unspecified atom stereocenters. The first-order chi connectivity index (χ1) is 31.7. The minimum atomic E-state index is -0.792. The summed E-state index contributed by atoms with van der Waals surface area (Å²) in [6, 6.07) is 7.72. The van der Waals surface area contributed by atoms with Crippen LogP contribution >= 0.6 is 0 Å². The number of likely N-dealkylation sites (N-methyl/N-ethyl adjacent to an activating group) is 2. The summed E-state index contributed by atoms with van der Waals surface area (Å²) in [7, 11) is 6.54. The van der Waals surface area contributed by atoms with Gasteiger partial charge >= 0.3 is 0 Å². The number of hydrogen-bond acceptors (Lipinski definition) is 10. The molecular formula is C53H82N4O10. The van der Waals surface area contributed by atoms with Gasteiger partial charge in [-0.05, 0) is 73.7 Å². The van der Waals surface area contributed by atoms with Crippen LogP contribution < -0.4 is 0 Å². The fraction of sp³-hybridized carbons (Fsp3) is 0.717. The van der Waals surface area contributed by atoms with Crippen molar-refractivity contribution in [3.63, 3.8) is 0 Å². The summed E-state index contributed by atoms with van der Waals surface area (Å²) in [4.78, 5) is 102. The molecule has 1 aromatic carbocycles. The van der Waals surface area contributed by atoms with Crippen molar-refractivity contribution in [2.24, 2.45) is 47.3 Å². The Balaban J connectivity index is 1.43. The number of amides is 5. The van der Waals surface area contributed by atoms with Crippen LogP contribution in [0, 0.1) is 47.3 Å².